The lowest BCUT2D eigenvalue weighted by molar-refractivity contribution is 0.669. The molecule has 0 N–H and O–H groups in total. The number of fused-ring (bicyclic) bond motifs is 11. The molecule has 2 aromatic heterocycles. The number of rotatable bonds is 4. The molecular weight excluding hydrogens is 667 g/mol. The average Bonchev–Trinajstić information content (AvgIpc) is 3.83. The van der Waals surface area contributed by atoms with Crippen molar-refractivity contribution >= 4 is 99.7 Å². The van der Waals surface area contributed by atoms with Crippen LogP contribution in [0.3, 0.4) is 0 Å². The molecule has 0 fully saturated rings. The van der Waals surface area contributed by atoms with Crippen molar-refractivity contribution in [3.05, 3.63) is 164 Å². The highest BCUT2D eigenvalue weighted by Gasteiger charge is 2.40. The Bertz CT molecular complexity index is 3050. The van der Waals surface area contributed by atoms with Crippen LogP contribution in [0.25, 0.3) is 75.1 Å². The van der Waals surface area contributed by atoms with E-state index in [0.29, 0.717) is 0 Å². The quantitative estimate of drug-likeness (QED) is 0.170. The maximum absolute atomic E-state index is 6.38. The molecule has 2 nitrogen and oxygen atoms in total. The highest BCUT2D eigenvalue weighted by molar-refractivity contribution is 7.26. The summed E-state index contributed by atoms with van der Waals surface area (Å²) in [6.45, 7) is 5.01. The number of nitrogens with zero attached hydrogens (tertiary/aromatic N) is 1. The summed E-state index contributed by atoms with van der Waals surface area (Å²) in [6, 6.07) is 60.2. The summed E-state index contributed by atoms with van der Waals surface area (Å²) < 4.78 is 8.99. The Morgan fingerprint density at radius 3 is 2.12 bits per heavy atom. The van der Waals surface area contributed by atoms with Gasteiger partial charge in [0, 0.05) is 37.6 Å². The van der Waals surface area contributed by atoms with E-state index in [1.165, 1.54) is 85.7 Å². The predicted molar refractivity (Wildman–Crippen MR) is 226 cm³/mol. The standard InChI is InChI=1S/C48H33NOSSi/c1-52(2)44-28-27-42-46(38-15-5-7-19-41(38)50-42)47(44)39-26-25-33(29-45(39)52)49(40-18-10-17-37-36-14-6-8-20-43(36)51-48(37)40)32-23-21-31(22-24-32)35-16-9-12-30-11-3-4-13-34(30)35/h3-29H,1-2H3. The van der Waals surface area contributed by atoms with Crippen LogP contribution in [0.1, 0.15) is 0 Å². The second kappa shape index (κ2) is 11.0. The second-order valence-corrected chi connectivity index (χ2v) is 19.9. The van der Waals surface area contributed by atoms with Gasteiger partial charge in [-0.15, -0.1) is 11.3 Å². The van der Waals surface area contributed by atoms with Gasteiger partial charge in [0.1, 0.15) is 19.2 Å². The fourth-order valence-corrected chi connectivity index (χ4v) is 13.0. The van der Waals surface area contributed by atoms with Gasteiger partial charge in [-0.2, -0.15) is 0 Å². The molecule has 0 radical (unpaired) electrons. The van der Waals surface area contributed by atoms with Crippen LogP contribution in [0.5, 0.6) is 0 Å². The molecule has 52 heavy (non-hydrogen) atoms. The molecule has 4 heteroatoms. The summed E-state index contributed by atoms with van der Waals surface area (Å²) in [7, 11) is -2.06. The van der Waals surface area contributed by atoms with Crippen LogP contribution in [0.2, 0.25) is 13.1 Å². The Hall–Kier alpha value is -5.94. The van der Waals surface area contributed by atoms with Gasteiger partial charge in [-0.05, 0) is 91.9 Å². The molecule has 0 bridgehead atoms. The minimum Gasteiger partial charge on any atom is -0.456 e. The topological polar surface area (TPSA) is 16.4 Å². The van der Waals surface area contributed by atoms with E-state index in [1.54, 1.807) is 0 Å². The Morgan fingerprint density at radius 2 is 1.23 bits per heavy atom. The monoisotopic (exact) mass is 699 g/mol. The second-order valence-electron chi connectivity index (χ2n) is 14.5. The van der Waals surface area contributed by atoms with Gasteiger partial charge in [-0.1, -0.05) is 128 Å². The van der Waals surface area contributed by atoms with Crippen molar-refractivity contribution in [3.8, 4) is 22.3 Å². The number of furan rings is 1. The number of thiophene rings is 1. The Kier molecular flexibility index (Phi) is 6.31. The first-order valence-electron chi connectivity index (χ1n) is 17.9. The smallest absolute Gasteiger partial charge is 0.136 e. The van der Waals surface area contributed by atoms with Crippen LogP contribution in [0, 0.1) is 0 Å². The molecule has 0 saturated carbocycles. The number of benzene rings is 8. The van der Waals surface area contributed by atoms with Crippen LogP contribution in [-0.2, 0) is 0 Å². The molecule has 0 unspecified atom stereocenters. The third kappa shape index (κ3) is 4.22. The highest BCUT2D eigenvalue weighted by atomic mass is 32.1. The summed E-state index contributed by atoms with van der Waals surface area (Å²) in [4.78, 5) is 2.49. The minimum absolute atomic E-state index is 0.949. The molecule has 0 atom stereocenters. The molecule has 3 heterocycles. The largest absolute Gasteiger partial charge is 0.456 e. The lowest BCUT2D eigenvalue weighted by atomic mass is 9.97. The third-order valence-corrected chi connectivity index (χ3v) is 16.0. The van der Waals surface area contributed by atoms with E-state index >= 15 is 0 Å². The number of hydrogen-bond acceptors (Lipinski definition) is 3. The first-order chi connectivity index (χ1) is 25.5. The molecule has 246 valence electrons. The minimum atomic E-state index is -2.06. The van der Waals surface area contributed by atoms with Gasteiger partial charge in [0.25, 0.3) is 0 Å². The maximum Gasteiger partial charge on any atom is 0.136 e. The Labute approximate surface area is 306 Å². The zero-order valence-electron chi connectivity index (χ0n) is 28.9. The fourth-order valence-electron chi connectivity index (χ4n) is 8.77. The van der Waals surface area contributed by atoms with Crippen LogP contribution < -0.4 is 15.3 Å². The van der Waals surface area contributed by atoms with Crippen molar-refractivity contribution < 1.29 is 4.42 Å². The molecular formula is C48H33NOSSi. The number of anilines is 3. The van der Waals surface area contributed by atoms with Crippen LogP contribution in [-0.4, -0.2) is 8.07 Å². The van der Waals surface area contributed by atoms with Gasteiger partial charge >= 0.3 is 0 Å². The van der Waals surface area contributed by atoms with Crippen molar-refractivity contribution in [1.82, 2.24) is 0 Å². The SMILES string of the molecule is C[Si]1(C)c2cc(N(c3ccc(-c4cccc5ccccc45)cc3)c3cccc4c3sc3ccccc34)ccc2-c2c1ccc1oc3ccccc3c21. The van der Waals surface area contributed by atoms with Gasteiger partial charge in [0.05, 0.1) is 10.4 Å². The molecule has 0 amide bonds. The van der Waals surface area contributed by atoms with Gasteiger partial charge in [-0.25, -0.2) is 0 Å². The first-order valence-corrected chi connectivity index (χ1v) is 21.7. The van der Waals surface area contributed by atoms with Gasteiger partial charge in [-0.3, -0.25) is 0 Å². The molecule has 1 aliphatic rings. The average molecular weight is 700 g/mol. The Morgan fingerprint density at radius 1 is 0.519 bits per heavy atom. The zero-order valence-corrected chi connectivity index (χ0v) is 30.7. The van der Waals surface area contributed by atoms with Gasteiger partial charge in [0.15, 0.2) is 0 Å². The summed E-state index contributed by atoms with van der Waals surface area (Å²) >= 11 is 1.88. The summed E-state index contributed by atoms with van der Waals surface area (Å²) in [5.74, 6) is 0. The molecule has 11 rings (SSSR count). The molecule has 0 aliphatic carbocycles. The van der Waals surface area contributed by atoms with Crippen molar-refractivity contribution in [1.29, 1.82) is 0 Å². The predicted octanol–water partition coefficient (Wildman–Crippen LogP) is 13.0. The van der Waals surface area contributed by atoms with E-state index < -0.39 is 8.07 Å². The van der Waals surface area contributed by atoms with E-state index in [-0.39, 0.29) is 0 Å². The molecule has 8 aromatic carbocycles. The number of hydrogen-bond donors (Lipinski definition) is 0. The van der Waals surface area contributed by atoms with Crippen LogP contribution in [0.4, 0.5) is 17.1 Å². The van der Waals surface area contributed by atoms with Crippen molar-refractivity contribution in [2.75, 3.05) is 4.90 Å². The molecule has 1 aliphatic heterocycles. The van der Waals surface area contributed by atoms with Gasteiger partial charge < -0.3 is 9.32 Å². The first kappa shape index (κ1) is 29.8. The summed E-state index contributed by atoms with van der Waals surface area (Å²) in [6.07, 6.45) is 0. The van der Waals surface area contributed by atoms with E-state index in [1.807, 2.05) is 11.3 Å². The summed E-state index contributed by atoms with van der Waals surface area (Å²) in [5.41, 5.74) is 10.6. The summed E-state index contributed by atoms with van der Waals surface area (Å²) in [5, 5.41) is 10.5. The Balaban J connectivity index is 1.13. The van der Waals surface area contributed by atoms with Crippen LogP contribution in [0.15, 0.2) is 168 Å². The molecule has 0 saturated heterocycles. The lowest BCUT2D eigenvalue weighted by Gasteiger charge is -2.28. The third-order valence-electron chi connectivity index (χ3n) is 11.3. The van der Waals surface area contributed by atoms with E-state index in [9.17, 15) is 0 Å². The van der Waals surface area contributed by atoms with E-state index in [2.05, 4.69) is 182 Å². The molecule has 0 spiro atoms. The zero-order chi connectivity index (χ0) is 34.6. The fraction of sp³-hybridized carbons (Fsp3) is 0.0417. The highest BCUT2D eigenvalue weighted by Crippen LogP contribution is 2.46. The number of para-hydroxylation sites is 1. The van der Waals surface area contributed by atoms with Crippen LogP contribution >= 0.6 is 11.3 Å². The van der Waals surface area contributed by atoms with Crippen molar-refractivity contribution in [2.45, 2.75) is 13.1 Å². The normalized spacial score (nSPS) is 13.3. The maximum atomic E-state index is 6.38. The van der Waals surface area contributed by atoms with Crippen molar-refractivity contribution in [3.63, 3.8) is 0 Å². The van der Waals surface area contributed by atoms with E-state index in [4.69, 9.17) is 4.42 Å². The van der Waals surface area contributed by atoms with E-state index in [0.717, 1.165) is 16.9 Å². The molecule has 10 aromatic rings. The van der Waals surface area contributed by atoms with Gasteiger partial charge in [0.2, 0.25) is 0 Å². The van der Waals surface area contributed by atoms with Crippen molar-refractivity contribution in [2.24, 2.45) is 0 Å². The lowest BCUT2D eigenvalue weighted by Crippen LogP contribution is -2.49.